The van der Waals surface area contributed by atoms with Gasteiger partial charge in [-0.3, -0.25) is 24.1 Å². The summed E-state index contributed by atoms with van der Waals surface area (Å²) < 4.78 is 23.7. The number of rotatable bonds is 16. The molecule has 3 N–H and O–H groups in total. The van der Waals surface area contributed by atoms with Crippen LogP contribution < -0.4 is 0 Å². The second-order valence-corrected chi connectivity index (χ2v) is 17.0. The highest BCUT2D eigenvalue weighted by Crippen LogP contribution is 2.38. The first-order valence-corrected chi connectivity index (χ1v) is 21.2. The molecule has 15 heteroatoms. The summed E-state index contributed by atoms with van der Waals surface area (Å²) in [6.07, 6.45) is 10.8. The molecule has 2 fully saturated rings. The molecule has 0 radical (unpaired) electrons. The Labute approximate surface area is 349 Å². The maximum atomic E-state index is 13.6. The number of carbonyl (C=O) groups is 5. The second kappa shape index (κ2) is 21.6. The number of methoxy groups -OCH3 is 1. The van der Waals surface area contributed by atoms with Crippen molar-refractivity contribution in [3.63, 3.8) is 0 Å². The van der Waals surface area contributed by atoms with E-state index in [0.717, 1.165) is 0 Å². The number of piperazine rings is 1. The minimum Gasteiger partial charge on any atom is -0.457 e. The van der Waals surface area contributed by atoms with E-state index < -0.39 is 53.6 Å². The average molecular weight is 830 g/mol. The predicted octanol–water partition coefficient (Wildman–Crippen LogP) is 3.99. The number of nitrogens with zero attached hydrogens (tertiary/aromatic N) is 3. The number of hydrogen-bond acceptors (Lipinski definition) is 12. The number of allylic oxidation sites excluding steroid dienone is 2. The molecule has 4 aliphatic heterocycles. The van der Waals surface area contributed by atoms with Gasteiger partial charge in [-0.15, -0.1) is 0 Å². The molecule has 59 heavy (non-hydrogen) atoms. The number of ether oxygens (including phenoxy) is 4. The summed E-state index contributed by atoms with van der Waals surface area (Å²) in [4.78, 5) is 67.5. The van der Waals surface area contributed by atoms with E-state index in [1.807, 2.05) is 33.8 Å². The van der Waals surface area contributed by atoms with E-state index in [1.54, 1.807) is 48.0 Å². The first-order chi connectivity index (χ1) is 27.9. The Morgan fingerprint density at radius 3 is 2.37 bits per heavy atom. The molecule has 3 unspecified atom stereocenters. The first kappa shape index (κ1) is 47.8. The number of aliphatic hydroxyl groups is 3. The SMILES string of the molecule is CCC(O)C(C)[C@@H]1O[C@H]1CC(C)(O)/C=C/C=C(\C)[C@H]1OC(=O)C[C@H](O)CC[C@@](C)(OC)[C@@H](OC(=O)N2CCN(C(=O)CCCCCN3C(=O)C=CC3=O)CC2)/C=C/[C@@H]1C. The van der Waals surface area contributed by atoms with Crippen LogP contribution in [0.25, 0.3) is 0 Å². The number of esters is 1. The van der Waals surface area contributed by atoms with Gasteiger partial charge in [0.05, 0.1) is 36.4 Å². The maximum absolute atomic E-state index is 13.6. The molecular formula is C44H67N3O12. The van der Waals surface area contributed by atoms with Crippen LogP contribution in [0.1, 0.15) is 99.3 Å². The van der Waals surface area contributed by atoms with E-state index in [2.05, 4.69) is 0 Å². The van der Waals surface area contributed by atoms with E-state index >= 15 is 0 Å². The van der Waals surface area contributed by atoms with Crippen molar-refractivity contribution >= 4 is 29.8 Å². The average Bonchev–Trinajstić information content (AvgIpc) is 3.89. The molecule has 0 spiro atoms. The van der Waals surface area contributed by atoms with Gasteiger partial charge in [0, 0.05) is 76.7 Å². The maximum Gasteiger partial charge on any atom is 0.410 e. The predicted molar refractivity (Wildman–Crippen MR) is 218 cm³/mol. The Morgan fingerprint density at radius 2 is 1.73 bits per heavy atom. The molecule has 4 rings (SSSR count). The number of imide groups is 1. The number of epoxide rings is 1. The van der Waals surface area contributed by atoms with E-state index in [-0.39, 0.29) is 68.2 Å². The van der Waals surface area contributed by atoms with Crippen LogP contribution in [-0.2, 0) is 38.1 Å². The standard InChI is InChI=1S/C44H67N3O12/c1-8-33(49)31(4)41-34(57-41)28-43(5,55)20-12-13-29(2)40-30(3)15-16-35(44(6,56-7)21-19-32(48)27-39(53)59-40)58-42(54)46-25-23-45(24-26-46)36(50)14-10-9-11-22-47-37(51)17-18-38(47)52/h12-13,15-18,20,30-35,40-41,48-49,55H,8-11,14,19,21-28H2,1-7H3/b16-15+,20-12+,29-13+/t30-,31?,32+,33?,34-,35-,40+,41-,43?,44+/m0/s1. The molecule has 4 aliphatic rings. The number of hydrogen-bond donors (Lipinski definition) is 3. The highest BCUT2D eigenvalue weighted by atomic mass is 16.6. The molecule has 0 aliphatic carbocycles. The van der Waals surface area contributed by atoms with Crippen LogP contribution in [0.15, 0.2) is 48.1 Å². The van der Waals surface area contributed by atoms with Crippen molar-refractivity contribution < 1.29 is 58.2 Å². The van der Waals surface area contributed by atoms with Crippen LogP contribution in [0, 0.1) is 11.8 Å². The van der Waals surface area contributed by atoms with Gasteiger partial charge in [0.25, 0.3) is 11.8 Å². The fourth-order valence-corrected chi connectivity index (χ4v) is 7.86. The van der Waals surface area contributed by atoms with Crippen molar-refractivity contribution in [2.75, 3.05) is 39.8 Å². The minimum atomic E-state index is -1.18. The third-order valence-electron chi connectivity index (χ3n) is 12.1. The van der Waals surface area contributed by atoms with Gasteiger partial charge in [-0.05, 0) is 64.5 Å². The highest BCUT2D eigenvalue weighted by molar-refractivity contribution is 6.12. The van der Waals surface area contributed by atoms with E-state index in [1.165, 1.54) is 24.2 Å². The Hall–Kier alpha value is -3.89. The van der Waals surface area contributed by atoms with E-state index in [0.29, 0.717) is 63.7 Å². The van der Waals surface area contributed by atoms with Crippen molar-refractivity contribution in [1.82, 2.24) is 14.7 Å². The molecular weight excluding hydrogens is 762 g/mol. The topological polar surface area (TPSA) is 196 Å². The molecule has 0 aromatic carbocycles. The van der Waals surface area contributed by atoms with Gasteiger partial charge in [-0.1, -0.05) is 51.5 Å². The molecule has 4 heterocycles. The zero-order chi connectivity index (χ0) is 43.5. The summed E-state index contributed by atoms with van der Waals surface area (Å²) in [7, 11) is 1.51. The lowest BCUT2D eigenvalue weighted by molar-refractivity contribution is -0.151. The van der Waals surface area contributed by atoms with Crippen LogP contribution in [-0.4, -0.2) is 147 Å². The third-order valence-corrected chi connectivity index (χ3v) is 12.1. The molecule has 0 aromatic heterocycles. The summed E-state index contributed by atoms with van der Waals surface area (Å²) in [5.74, 6) is -1.62. The van der Waals surface area contributed by atoms with Crippen LogP contribution in [0.4, 0.5) is 4.79 Å². The summed E-state index contributed by atoms with van der Waals surface area (Å²) in [6, 6.07) is 0. The van der Waals surface area contributed by atoms with Crippen LogP contribution in [0.3, 0.4) is 0 Å². The summed E-state index contributed by atoms with van der Waals surface area (Å²) in [5, 5.41) is 32.1. The van der Waals surface area contributed by atoms with Crippen molar-refractivity contribution in [2.45, 2.75) is 147 Å². The number of amides is 4. The summed E-state index contributed by atoms with van der Waals surface area (Å²) in [6.45, 7) is 12.6. The Balaban J connectivity index is 1.36. The van der Waals surface area contributed by atoms with E-state index in [4.69, 9.17) is 18.9 Å². The molecule has 0 saturated carbocycles. The molecule has 330 valence electrons. The van der Waals surface area contributed by atoms with Gasteiger partial charge in [0.15, 0.2) is 6.10 Å². The van der Waals surface area contributed by atoms with Gasteiger partial charge in [-0.25, -0.2) is 4.79 Å². The Kier molecular flexibility index (Phi) is 17.5. The molecule has 4 amide bonds. The lowest BCUT2D eigenvalue weighted by Crippen LogP contribution is -2.52. The quantitative estimate of drug-likeness (QED) is 0.0506. The van der Waals surface area contributed by atoms with Crippen molar-refractivity contribution in [1.29, 1.82) is 0 Å². The largest absolute Gasteiger partial charge is 0.457 e. The lowest BCUT2D eigenvalue weighted by atomic mass is 9.88. The molecule has 0 bridgehead atoms. The smallest absolute Gasteiger partial charge is 0.410 e. The molecule has 2 saturated heterocycles. The molecule has 15 nitrogen and oxygen atoms in total. The zero-order valence-electron chi connectivity index (χ0n) is 35.9. The van der Waals surface area contributed by atoms with E-state index in [9.17, 15) is 39.3 Å². The summed E-state index contributed by atoms with van der Waals surface area (Å²) >= 11 is 0. The van der Waals surface area contributed by atoms with Gasteiger partial charge < -0.3 is 44.1 Å². The van der Waals surface area contributed by atoms with Gasteiger partial charge in [0.2, 0.25) is 5.91 Å². The van der Waals surface area contributed by atoms with Crippen molar-refractivity contribution in [3.05, 3.63) is 48.1 Å². The third kappa shape index (κ3) is 13.8. The zero-order valence-corrected chi connectivity index (χ0v) is 35.9. The molecule has 10 atom stereocenters. The van der Waals surface area contributed by atoms with Crippen molar-refractivity contribution in [3.8, 4) is 0 Å². The van der Waals surface area contributed by atoms with Crippen molar-refractivity contribution in [2.24, 2.45) is 11.8 Å². The molecule has 0 aromatic rings. The second-order valence-electron chi connectivity index (χ2n) is 17.0. The number of cyclic esters (lactones) is 1. The van der Waals surface area contributed by atoms with Gasteiger partial charge >= 0.3 is 12.1 Å². The first-order valence-electron chi connectivity index (χ1n) is 21.2. The Morgan fingerprint density at radius 1 is 1.07 bits per heavy atom. The van der Waals surface area contributed by atoms with Crippen LogP contribution in [0.5, 0.6) is 0 Å². The number of unbranched alkanes of at least 4 members (excludes halogenated alkanes) is 2. The normalized spacial score (nSPS) is 31.0. The highest BCUT2D eigenvalue weighted by Gasteiger charge is 2.47. The van der Waals surface area contributed by atoms with Gasteiger partial charge in [0.1, 0.15) is 11.7 Å². The van der Waals surface area contributed by atoms with Crippen LogP contribution >= 0.6 is 0 Å². The number of carbonyl (C=O) groups excluding carboxylic acids is 5. The van der Waals surface area contributed by atoms with Gasteiger partial charge in [-0.2, -0.15) is 0 Å². The summed E-state index contributed by atoms with van der Waals surface area (Å²) in [5.41, 5.74) is -1.54. The fraction of sp³-hybridized carbons (Fsp3) is 0.705. The fourth-order valence-electron chi connectivity index (χ4n) is 7.86. The Bertz CT molecular complexity index is 1580. The van der Waals surface area contributed by atoms with Crippen LogP contribution in [0.2, 0.25) is 0 Å². The lowest BCUT2D eigenvalue weighted by Gasteiger charge is -2.38. The number of aliphatic hydroxyl groups excluding tert-OH is 2. The monoisotopic (exact) mass is 829 g/mol. The minimum absolute atomic E-state index is 0.0183.